The zero-order valence-corrected chi connectivity index (χ0v) is 11.9. The normalized spacial score (nSPS) is 15.8. The van der Waals surface area contributed by atoms with Crippen LogP contribution in [0.5, 0.6) is 0 Å². The number of nitrogens with one attached hydrogen (secondary N) is 1. The first-order valence-electron chi connectivity index (χ1n) is 7.23. The van der Waals surface area contributed by atoms with E-state index in [0.717, 1.165) is 38.6 Å². The molecule has 3 nitrogen and oxygen atoms in total. The Morgan fingerprint density at radius 3 is 3.00 bits per heavy atom. The van der Waals surface area contributed by atoms with Gasteiger partial charge in [0.1, 0.15) is 0 Å². The molecule has 0 aromatic heterocycles. The Balaban J connectivity index is 2.13. The van der Waals surface area contributed by atoms with E-state index in [2.05, 4.69) is 29.6 Å². The zero-order valence-electron chi connectivity index (χ0n) is 11.9. The number of allylic oxidation sites excluding steroid dienone is 6. The average Bonchev–Trinajstić information content (AvgIpc) is 2.69. The molecule has 0 spiro atoms. The molecule has 1 unspecified atom stereocenters. The van der Waals surface area contributed by atoms with Crippen LogP contribution in [0.15, 0.2) is 36.0 Å². The summed E-state index contributed by atoms with van der Waals surface area (Å²) in [5.74, 6) is 0.231. The van der Waals surface area contributed by atoms with Crippen molar-refractivity contribution >= 4 is 5.91 Å². The third-order valence-electron chi connectivity index (χ3n) is 3.33. The summed E-state index contributed by atoms with van der Waals surface area (Å²) >= 11 is 0. The minimum absolute atomic E-state index is 0.0755. The van der Waals surface area contributed by atoms with E-state index in [4.69, 9.17) is 5.73 Å². The third-order valence-corrected chi connectivity index (χ3v) is 3.33. The first-order chi connectivity index (χ1) is 9.24. The molecule has 0 heterocycles. The lowest BCUT2D eigenvalue weighted by Crippen LogP contribution is -2.30. The second-order valence-electron chi connectivity index (χ2n) is 5.07. The molecule has 1 amide bonds. The number of amides is 1. The van der Waals surface area contributed by atoms with Crippen LogP contribution >= 0.6 is 0 Å². The molecule has 19 heavy (non-hydrogen) atoms. The van der Waals surface area contributed by atoms with Crippen LogP contribution in [-0.2, 0) is 4.79 Å². The number of carbonyl (C=O) groups excluding carboxylic acids is 1. The van der Waals surface area contributed by atoms with E-state index in [0.29, 0.717) is 6.54 Å². The van der Waals surface area contributed by atoms with Crippen LogP contribution < -0.4 is 11.1 Å². The summed E-state index contributed by atoms with van der Waals surface area (Å²) in [7, 11) is 0. The van der Waals surface area contributed by atoms with Gasteiger partial charge in [-0.25, -0.2) is 0 Å². The van der Waals surface area contributed by atoms with E-state index in [1.165, 1.54) is 5.57 Å². The molecule has 3 heteroatoms. The Morgan fingerprint density at radius 2 is 2.21 bits per heavy atom. The van der Waals surface area contributed by atoms with Crippen molar-refractivity contribution in [2.45, 2.75) is 39.0 Å². The molecule has 1 aliphatic carbocycles. The van der Waals surface area contributed by atoms with Gasteiger partial charge in [-0.15, -0.1) is 0 Å². The molecule has 0 aromatic carbocycles. The molecule has 1 aliphatic rings. The Morgan fingerprint density at radius 1 is 1.37 bits per heavy atom. The molecule has 0 aromatic rings. The Hall–Kier alpha value is -1.35. The maximum Gasteiger partial charge on any atom is 0.222 e. The molecular weight excluding hydrogens is 236 g/mol. The van der Waals surface area contributed by atoms with Gasteiger partial charge in [0.25, 0.3) is 0 Å². The van der Waals surface area contributed by atoms with E-state index in [9.17, 15) is 4.79 Å². The maximum atomic E-state index is 11.8. The van der Waals surface area contributed by atoms with Crippen LogP contribution in [0, 0.1) is 5.92 Å². The Labute approximate surface area is 116 Å². The minimum Gasteiger partial charge on any atom is -0.356 e. The van der Waals surface area contributed by atoms with E-state index < -0.39 is 0 Å². The summed E-state index contributed by atoms with van der Waals surface area (Å²) in [6.07, 6.45) is 15.4. The van der Waals surface area contributed by atoms with Crippen LogP contribution in [0.1, 0.15) is 39.0 Å². The molecule has 0 fully saturated rings. The lowest BCUT2D eigenvalue weighted by Gasteiger charge is -2.11. The van der Waals surface area contributed by atoms with Gasteiger partial charge in [0.2, 0.25) is 5.91 Å². The van der Waals surface area contributed by atoms with Crippen molar-refractivity contribution in [2.75, 3.05) is 13.1 Å². The highest BCUT2D eigenvalue weighted by atomic mass is 16.1. The summed E-state index contributed by atoms with van der Waals surface area (Å²) in [5, 5.41) is 3.00. The van der Waals surface area contributed by atoms with Crippen LogP contribution in [0.4, 0.5) is 0 Å². The zero-order chi connectivity index (χ0) is 13.9. The Bertz CT molecular complexity index is 356. The van der Waals surface area contributed by atoms with Gasteiger partial charge < -0.3 is 11.1 Å². The fourth-order valence-electron chi connectivity index (χ4n) is 2.06. The highest BCUT2D eigenvalue weighted by molar-refractivity contribution is 5.78. The van der Waals surface area contributed by atoms with Gasteiger partial charge in [-0.05, 0) is 38.6 Å². The smallest absolute Gasteiger partial charge is 0.222 e. The lowest BCUT2D eigenvalue weighted by molar-refractivity contribution is -0.124. The van der Waals surface area contributed by atoms with Crippen molar-refractivity contribution in [1.82, 2.24) is 5.32 Å². The molecule has 1 rings (SSSR count). The lowest BCUT2D eigenvalue weighted by atomic mass is 10.0. The molecule has 0 aliphatic heterocycles. The molecule has 0 radical (unpaired) electrons. The summed E-state index contributed by atoms with van der Waals surface area (Å²) in [4.78, 5) is 11.8. The molecular formula is C16H26N2O. The fraction of sp³-hybridized carbons (Fsp3) is 0.562. The minimum atomic E-state index is 0.0755. The van der Waals surface area contributed by atoms with Crippen LogP contribution in [0.25, 0.3) is 0 Å². The number of nitrogens with two attached hydrogens (primary N) is 1. The van der Waals surface area contributed by atoms with E-state index in [1.807, 2.05) is 13.0 Å². The predicted octanol–water partition coefficient (Wildman–Crippen LogP) is 2.70. The fourth-order valence-corrected chi connectivity index (χ4v) is 2.06. The van der Waals surface area contributed by atoms with Crippen molar-refractivity contribution in [1.29, 1.82) is 0 Å². The van der Waals surface area contributed by atoms with Gasteiger partial charge in [-0.2, -0.15) is 0 Å². The highest BCUT2D eigenvalue weighted by Crippen LogP contribution is 2.13. The maximum absolute atomic E-state index is 11.8. The number of carbonyl (C=O) groups is 1. The van der Waals surface area contributed by atoms with Gasteiger partial charge in [0.15, 0.2) is 0 Å². The van der Waals surface area contributed by atoms with Crippen LogP contribution in [-0.4, -0.2) is 19.0 Å². The van der Waals surface area contributed by atoms with E-state index in [-0.39, 0.29) is 11.8 Å². The second-order valence-corrected chi connectivity index (χ2v) is 5.07. The molecule has 1 atom stereocenters. The number of hydrogen-bond donors (Lipinski definition) is 2. The van der Waals surface area contributed by atoms with Crippen LogP contribution in [0.3, 0.4) is 0 Å². The van der Waals surface area contributed by atoms with E-state index >= 15 is 0 Å². The van der Waals surface area contributed by atoms with Crippen LogP contribution in [0.2, 0.25) is 0 Å². The largest absolute Gasteiger partial charge is 0.356 e. The topological polar surface area (TPSA) is 55.1 Å². The van der Waals surface area contributed by atoms with Gasteiger partial charge >= 0.3 is 0 Å². The standard InChI is InChI=1S/C16H26N2O/c1-14(8-6-12-17)16(19)18-13-7-11-15-9-4-2-3-5-10-15/h2-5,9,14H,6-8,10-13,17H2,1H3,(H,18,19). The molecule has 0 saturated heterocycles. The molecule has 0 bridgehead atoms. The summed E-state index contributed by atoms with van der Waals surface area (Å²) in [5.41, 5.74) is 6.87. The van der Waals surface area contributed by atoms with Gasteiger partial charge in [-0.3, -0.25) is 4.79 Å². The quantitative estimate of drug-likeness (QED) is 0.661. The average molecular weight is 262 g/mol. The first kappa shape index (κ1) is 15.7. The van der Waals surface area contributed by atoms with Gasteiger partial charge in [0, 0.05) is 12.5 Å². The third kappa shape index (κ3) is 6.97. The van der Waals surface area contributed by atoms with Gasteiger partial charge in [-0.1, -0.05) is 42.9 Å². The van der Waals surface area contributed by atoms with Crippen molar-refractivity contribution in [3.05, 3.63) is 36.0 Å². The predicted molar refractivity (Wildman–Crippen MR) is 80.7 cm³/mol. The van der Waals surface area contributed by atoms with Crippen molar-refractivity contribution in [2.24, 2.45) is 11.7 Å². The number of rotatable bonds is 8. The highest BCUT2D eigenvalue weighted by Gasteiger charge is 2.11. The first-order valence-corrected chi connectivity index (χ1v) is 7.23. The second kappa shape index (κ2) is 9.56. The van der Waals surface area contributed by atoms with Crippen molar-refractivity contribution in [3.8, 4) is 0 Å². The molecule has 0 saturated carbocycles. The molecule has 106 valence electrons. The summed E-state index contributed by atoms with van der Waals surface area (Å²) < 4.78 is 0. The summed E-state index contributed by atoms with van der Waals surface area (Å²) in [6.45, 7) is 3.39. The molecule has 3 N–H and O–H groups in total. The van der Waals surface area contributed by atoms with Crippen molar-refractivity contribution < 1.29 is 4.79 Å². The van der Waals surface area contributed by atoms with E-state index in [1.54, 1.807) is 0 Å². The van der Waals surface area contributed by atoms with Gasteiger partial charge in [0.05, 0.1) is 0 Å². The SMILES string of the molecule is CC(CCCN)C(=O)NCCCC1=CC=CC=CC1. The number of hydrogen-bond acceptors (Lipinski definition) is 2. The Kier molecular flexibility index (Phi) is 7.91. The van der Waals surface area contributed by atoms with Crippen molar-refractivity contribution in [3.63, 3.8) is 0 Å². The monoisotopic (exact) mass is 262 g/mol. The summed E-state index contributed by atoms with van der Waals surface area (Å²) in [6, 6.07) is 0.